The largest absolute Gasteiger partial charge is 0.450 e. The molecule has 1 rings (SSSR count). The van der Waals surface area contributed by atoms with Crippen LogP contribution in [-0.4, -0.2) is 43.0 Å². The first-order chi connectivity index (χ1) is 6.24. The van der Waals surface area contributed by atoms with E-state index in [9.17, 15) is 9.90 Å². The van der Waals surface area contributed by atoms with Crippen LogP contribution in [0.2, 0.25) is 0 Å². The summed E-state index contributed by atoms with van der Waals surface area (Å²) in [6, 6.07) is -0.180. The van der Waals surface area contributed by atoms with Crippen molar-refractivity contribution >= 4 is 6.09 Å². The van der Waals surface area contributed by atoms with Crippen LogP contribution in [0.1, 0.15) is 13.3 Å². The van der Waals surface area contributed by atoms with Crippen LogP contribution in [-0.2, 0) is 4.74 Å². The number of carbonyl (C=O) groups is 1. The van der Waals surface area contributed by atoms with Crippen LogP contribution in [0.5, 0.6) is 0 Å². The number of nitrogens with one attached hydrogen (secondary N) is 2. The van der Waals surface area contributed by atoms with Crippen LogP contribution in [0, 0.1) is 0 Å². The summed E-state index contributed by atoms with van der Waals surface area (Å²) in [5, 5.41) is 15.1. The zero-order chi connectivity index (χ0) is 9.68. The molecular weight excluding hydrogens is 172 g/mol. The predicted molar refractivity (Wildman–Crippen MR) is 47.4 cm³/mol. The Morgan fingerprint density at radius 3 is 3.15 bits per heavy atom. The van der Waals surface area contributed by atoms with Gasteiger partial charge in [-0.15, -0.1) is 0 Å². The highest BCUT2D eigenvalue weighted by Gasteiger charge is 2.24. The van der Waals surface area contributed by atoms with E-state index in [4.69, 9.17) is 4.74 Å². The fraction of sp³-hybridized carbons (Fsp3) is 0.875. The van der Waals surface area contributed by atoms with Crippen LogP contribution in [0.25, 0.3) is 0 Å². The van der Waals surface area contributed by atoms with Crippen LogP contribution in [0.15, 0.2) is 0 Å². The monoisotopic (exact) mass is 188 g/mol. The maximum absolute atomic E-state index is 11.0. The number of rotatable bonds is 2. The lowest BCUT2D eigenvalue weighted by molar-refractivity contribution is 0.0901. The van der Waals surface area contributed by atoms with Gasteiger partial charge in [-0.2, -0.15) is 0 Å². The highest BCUT2D eigenvalue weighted by molar-refractivity contribution is 5.67. The van der Waals surface area contributed by atoms with E-state index < -0.39 is 12.2 Å². The summed E-state index contributed by atoms with van der Waals surface area (Å²) in [6.07, 6.45) is -0.230. The lowest BCUT2D eigenvalue weighted by atomic mass is 10.0. The third-order valence-electron chi connectivity index (χ3n) is 2.03. The maximum Gasteiger partial charge on any atom is 0.407 e. The van der Waals surface area contributed by atoms with Crippen molar-refractivity contribution in [2.75, 3.05) is 19.7 Å². The van der Waals surface area contributed by atoms with E-state index in [1.54, 1.807) is 6.92 Å². The van der Waals surface area contributed by atoms with Gasteiger partial charge in [0.2, 0.25) is 0 Å². The minimum atomic E-state index is -0.516. The Labute approximate surface area is 77.5 Å². The zero-order valence-electron chi connectivity index (χ0n) is 7.75. The minimum Gasteiger partial charge on any atom is -0.450 e. The predicted octanol–water partition coefficient (Wildman–Crippen LogP) is -0.545. The van der Waals surface area contributed by atoms with Gasteiger partial charge in [0.15, 0.2) is 0 Å². The molecule has 13 heavy (non-hydrogen) atoms. The standard InChI is InChI=1S/C8H16N2O3/c1-2-13-8(12)10-6-3-4-9-5-7(6)11/h6-7,9,11H,2-5H2,1H3,(H,10,12). The molecule has 5 nitrogen and oxygen atoms in total. The molecule has 0 aromatic rings. The fourth-order valence-electron chi connectivity index (χ4n) is 1.33. The summed E-state index contributed by atoms with van der Waals surface area (Å²) in [6.45, 7) is 3.44. The van der Waals surface area contributed by atoms with E-state index in [-0.39, 0.29) is 6.04 Å². The second-order valence-electron chi connectivity index (χ2n) is 3.03. The minimum absolute atomic E-state index is 0.180. The molecule has 1 fully saturated rings. The Bertz CT molecular complexity index is 175. The number of β-amino-alcohol motifs (C(OH)–C–C–N with tert-alkyl or cyclic N) is 1. The van der Waals surface area contributed by atoms with Gasteiger partial charge in [-0.3, -0.25) is 0 Å². The van der Waals surface area contributed by atoms with Crippen LogP contribution in [0.3, 0.4) is 0 Å². The molecule has 3 N–H and O–H groups in total. The highest BCUT2D eigenvalue weighted by Crippen LogP contribution is 2.03. The van der Waals surface area contributed by atoms with E-state index in [0.717, 1.165) is 13.0 Å². The SMILES string of the molecule is CCOC(=O)NC1CCNCC1O. The fourth-order valence-corrected chi connectivity index (χ4v) is 1.33. The van der Waals surface area contributed by atoms with E-state index in [1.807, 2.05) is 0 Å². The molecule has 1 heterocycles. The van der Waals surface area contributed by atoms with Crippen LogP contribution >= 0.6 is 0 Å². The lowest BCUT2D eigenvalue weighted by Gasteiger charge is -2.28. The normalized spacial score (nSPS) is 28.2. The van der Waals surface area contributed by atoms with Crippen molar-refractivity contribution in [1.82, 2.24) is 10.6 Å². The molecule has 0 aromatic heterocycles. The second kappa shape index (κ2) is 5.04. The molecule has 1 aliphatic heterocycles. The van der Waals surface area contributed by atoms with Crippen LogP contribution < -0.4 is 10.6 Å². The van der Waals surface area contributed by atoms with E-state index >= 15 is 0 Å². The number of carbonyl (C=O) groups excluding carboxylic acids is 1. The molecule has 1 amide bonds. The number of ether oxygens (including phenoxy) is 1. The quantitative estimate of drug-likeness (QED) is 0.544. The molecule has 0 aromatic carbocycles. The summed E-state index contributed by atoms with van der Waals surface area (Å²) in [7, 11) is 0. The average Bonchev–Trinajstić information content (AvgIpc) is 2.09. The molecule has 0 saturated carbocycles. The average molecular weight is 188 g/mol. The third-order valence-corrected chi connectivity index (χ3v) is 2.03. The van der Waals surface area contributed by atoms with E-state index in [0.29, 0.717) is 13.2 Å². The Balaban J connectivity index is 2.29. The second-order valence-corrected chi connectivity index (χ2v) is 3.03. The molecule has 1 saturated heterocycles. The molecule has 2 atom stereocenters. The summed E-state index contributed by atoms with van der Waals surface area (Å²) in [4.78, 5) is 11.0. The van der Waals surface area contributed by atoms with Gasteiger partial charge in [0.1, 0.15) is 0 Å². The van der Waals surface area contributed by atoms with Crippen molar-refractivity contribution < 1.29 is 14.6 Å². The lowest BCUT2D eigenvalue weighted by Crippen LogP contribution is -2.52. The molecule has 5 heteroatoms. The zero-order valence-corrected chi connectivity index (χ0v) is 7.75. The smallest absolute Gasteiger partial charge is 0.407 e. The molecule has 0 aliphatic carbocycles. The van der Waals surface area contributed by atoms with Gasteiger partial charge in [-0.1, -0.05) is 0 Å². The summed E-state index contributed by atoms with van der Waals surface area (Å²) in [5.74, 6) is 0. The Kier molecular flexibility index (Phi) is 3.98. The van der Waals surface area contributed by atoms with Gasteiger partial charge in [0.25, 0.3) is 0 Å². The van der Waals surface area contributed by atoms with Gasteiger partial charge in [0.05, 0.1) is 18.8 Å². The number of amides is 1. The number of aliphatic hydroxyl groups is 1. The Hall–Kier alpha value is -0.810. The van der Waals surface area contributed by atoms with Crippen molar-refractivity contribution in [3.8, 4) is 0 Å². The number of aliphatic hydroxyl groups excluding tert-OH is 1. The first kappa shape index (κ1) is 10.3. The third kappa shape index (κ3) is 3.20. The molecule has 2 unspecified atom stereocenters. The van der Waals surface area contributed by atoms with E-state index in [2.05, 4.69) is 10.6 Å². The first-order valence-corrected chi connectivity index (χ1v) is 4.56. The molecular formula is C8H16N2O3. The Morgan fingerprint density at radius 1 is 1.77 bits per heavy atom. The van der Waals surface area contributed by atoms with Gasteiger partial charge >= 0.3 is 6.09 Å². The summed E-state index contributed by atoms with van der Waals surface area (Å²) < 4.78 is 4.71. The molecule has 76 valence electrons. The maximum atomic E-state index is 11.0. The van der Waals surface area contributed by atoms with Crippen molar-refractivity contribution in [2.45, 2.75) is 25.5 Å². The van der Waals surface area contributed by atoms with Gasteiger partial charge < -0.3 is 20.5 Å². The van der Waals surface area contributed by atoms with Gasteiger partial charge in [-0.05, 0) is 19.9 Å². The molecule has 0 spiro atoms. The molecule has 1 aliphatic rings. The number of alkyl carbamates (subject to hydrolysis) is 1. The number of piperidine rings is 1. The van der Waals surface area contributed by atoms with E-state index in [1.165, 1.54) is 0 Å². The van der Waals surface area contributed by atoms with Crippen LogP contribution in [0.4, 0.5) is 4.79 Å². The number of hydrogen-bond acceptors (Lipinski definition) is 4. The van der Waals surface area contributed by atoms with Crippen molar-refractivity contribution in [3.05, 3.63) is 0 Å². The first-order valence-electron chi connectivity index (χ1n) is 4.56. The van der Waals surface area contributed by atoms with Gasteiger partial charge in [-0.25, -0.2) is 4.79 Å². The van der Waals surface area contributed by atoms with Crippen molar-refractivity contribution in [2.24, 2.45) is 0 Å². The Morgan fingerprint density at radius 2 is 2.54 bits per heavy atom. The molecule has 0 radical (unpaired) electrons. The van der Waals surface area contributed by atoms with Crippen molar-refractivity contribution in [3.63, 3.8) is 0 Å². The summed E-state index contributed by atoms with van der Waals surface area (Å²) >= 11 is 0. The number of hydrogen-bond donors (Lipinski definition) is 3. The highest BCUT2D eigenvalue weighted by atomic mass is 16.5. The topological polar surface area (TPSA) is 70.6 Å². The molecule has 0 bridgehead atoms. The summed E-state index contributed by atoms with van der Waals surface area (Å²) in [5.41, 5.74) is 0. The van der Waals surface area contributed by atoms with Crippen molar-refractivity contribution in [1.29, 1.82) is 0 Å². The van der Waals surface area contributed by atoms with Gasteiger partial charge in [0, 0.05) is 6.54 Å².